The van der Waals surface area contributed by atoms with Crippen LogP contribution in [0, 0.1) is 27.7 Å². The van der Waals surface area contributed by atoms with Gasteiger partial charge < -0.3 is 13.7 Å². The van der Waals surface area contributed by atoms with Gasteiger partial charge >= 0.3 is 12.8 Å². The first-order valence-electron chi connectivity index (χ1n) is 13.0. The van der Waals surface area contributed by atoms with Crippen LogP contribution >= 0.6 is 0 Å². The van der Waals surface area contributed by atoms with Crippen molar-refractivity contribution < 1.29 is 39.5 Å². The predicted molar refractivity (Wildman–Crippen MR) is 152 cm³/mol. The molecule has 0 aliphatic carbocycles. The summed E-state index contributed by atoms with van der Waals surface area (Å²) in [5.74, 6) is 0.421. The van der Waals surface area contributed by atoms with Crippen LogP contribution in [0.15, 0.2) is 70.1 Å². The number of sulfonamides is 1. The van der Waals surface area contributed by atoms with Gasteiger partial charge in [0, 0.05) is 24.2 Å². The molecule has 0 atom stereocenters. The molecule has 2 aromatic heterocycles. The third-order valence-electron chi connectivity index (χ3n) is 6.95. The Bertz CT molecular complexity index is 1980. The van der Waals surface area contributed by atoms with Crippen LogP contribution in [0.25, 0.3) is 39.4 Å². The van der Waals surface area contributed by atoms with E-state index < -0.39 is 28.5 Å². The fourth-order valence-electron chi connectivity index (χ4n) is 5.06. The normalized spacial score (nSPS) is 12.2. The molecule has 0 amide bonds. The van der Waals surface area contributed by atoms with Crippen molar-refractivity contribution in [3.63, 3.8) is 0 Å². The van der Waals surface area contributed by atoms with Crippen LogP contribution < -0.4 is 9.88 Å². The number of nitrogens with zero attached hydrogens (tertiary/aromatic N) is 3. The molecule has 0 saturated carbocycles. The van der Waals surface area contributed by atoms with Crippen LogP contribution in [0.3, 0.4) is 0 Å². The molecule has 2 N–H and O–H groups in total. The highest BCUT2D eigenvalue weighted by molar-refractivity contribution is 7.89. The quantitative estimate of drug-likeness (QED) is 0.188. The van der Waals surface area contributed by atoms with Crippen molar-refractivity contribution in [1.29, 1.82) is 0 Å². The molecule has 0 spiro atoms. The molecule has 0 bridgehead atoms. The predicted octanol–water partition coefficient (Wildman–Crippen LogP) is 7.36. The Hall–Kier alpha value is -4.56. The lowest BCUT2D eigenvalue weighted by atomic mass is 9.89. The van der Waals surface area contributed by atoms with Gasteiger partial charge in [0.2, 0.25) is 10.0 Å². The monoisotopic (exact) mass is 632 g/mol. The van der Waals surface area contributed by atoms with Crippen molar-refractivity contribution in [3.8, 4) is 45.1 Å². The Labute approximate surface area is 249 Å². The summed E-state index contributed by atoms with van der Waals surface area (Å²) in [4.78, 5) is 8.22. The van der Waals surface area contributed by atoms with Crippen LogP contribution in [-0.2, 0) is 16.2 Å². The fraction of sp³-hybridized carbons (Fsp3) is 0.200. The van der Waals surface area contributed by atoms with Crippen LogP contribution in [0.5, 0.6) is 5.75 Å². The minimum absolute atomic E-state index is 0.0558. The Morgan fingerprint density at radius 2 is 1.64 bits per heavy atom. The van der Waals surface area contributed by atoms with Gasteiger partial charge in [0.05, 0.1) is 10.6 Å². The number of hydrogen-bond acceptors (Lipinski definition) is 6. The number of primary sulfonamides is 1. The first-order chi connectivity index (χ1) is 20.5. The first-order valence-corrected chi connectivity index (χ1v) is 14.5. The molecule has 0 aliphatic heterocycles. The summed E-state index contributed by atoms with van der Waals surface area (Å²) in [7, 11) is -4.04. The lowest BCUT2D eigenvalue weighted by Crippen LogP contribution is -2.12. The third-order valence-corrected chi connectivity index (χ3v) is 7.86. The maximum Gasteiger partial charge on any atom is 0.434 e. The van der Waals surface area contributed by atoms with Crippen LogP contribution in [0.2, 0.25) is 0 Å². The number of oxazole rings is 1. The van der Waals surface area contributed by atoms with Gasteiger partial charge in [-0.05, 0) is 85.5 Å². The molecule has 0 unspecified atom stereocenters. The second-order valence-corrected chi connectivity index (χ2v) is 11.6. The molecule has 8 nitrogen and oxygen atoms in total. The Morgan fingerprint density at radius 3 is 2.23 bits per heavy atom. The standard InChI is InChI=1S/C30H25F5N4O4S/c1-15-12-23(20-6-5-7-22(13-20)44(36,40)41)16(2)25(27(15)39-14-24(30(33,34)35)37-17(39)3)26-28(42-18(4)38-26)19-8-10-21(11-9-19)43-29(31)32/h5-14,29H,1-4H3,(H2,36,40,41). The highest BCUT2D eigenvalue weighted by atomic mass is 32.2. The zero-order valence-electron chi connectivity index (χ0n) is 23.7. The summed E-state index contributed by atoms with van der Waals surface area (Å²) in [6.07, 6.45) is -3.81. The second kappa shape index (κ2) is 11.2. The molecule has 5 aromatic rings. The maximum absolute atomic E-state index is 13.7. The zero-order valence-corrected chi connectivity index (χ0v) is 24.5. The van der Waals surface area contributed by atoms with Crippen molar-refractivity contribution in [2.45, 2.75) is 45.4 Å². The SMILES string of the molecule is Cc1nc(-c2c(C)c(-c3cccc(S(N)(=O)=O)c3)cc(C)c2-n2cc(C(F)(F)F)nc2C)c(-c2ccc(OC(F)F)cc2)o1. The van der Waals surface area contributed by atoms with Gasteiger partial charge in [0.15, 0.2) is 17.3 Å². The second-order valence-electron chi connectivity index (χ2n) is 10.0. The van der Waals surface area contributed by atoms with E-state index >= 15 is 0 Å². The van der Waals surface area contributed by atoms with E-state index in [0.717, 1.165) is 6.20 Å². The summed E-state index contributed by atoms with van der Waals surface area (Å²) >= 11 is 0. The number of rotatable bonds is 7. The van der Waals surface area contributed by atoms with Gasteiger partial charge in [-0.15, -0.1) is 0 Å². The van der Waals surface area contributed by atoms with E-state index in [9.17, 15) is 30.4 Å². The summed E-state index contributed by atoms with van der Waals surface area (Å²) in [6, 6.07) is 13.3. The Morgan fingerprint density at radius 1 is 0.955 bits per heavy atom. The molecule has 3 aromatic carbocycles. The Balaban J connectivity index is 1.82. The van der Waals surface area contributed by atoms with Crippen molar-refractivity contribution in [3.05, 3.63) is 89.3 Å². The van der Waals surface area contributed by atoms with Gasteiger partial charge in [0.25, 0.3) is 0 Å². The van der Waals surface area contributed by atoms with Gasteiger partial charge in [-0.25, -0.2) is 23.5 Å². The van der Waals surface area contributed by atoms with Gasteiger partial charge in [-0.1, -0.05) is 12.1 Å². The van der Waals surface area contributed by atoms with Crippen molar-refractivity contribution in [1.82, 2.24) is 14.5 Å². The molecule has 230 valence electrons. The van der Waals surface area contributed by atoms with E-state index in [2.05, 4.69) is 14.7 Å². The first kappa shape index (κ1) is 30.9. The summed E-state index contributed by atoms with van der Waals surface area (Å²) in [5.41, 5.74) is 2.42. The van der Waals surface area contributed by atoms with Crippen LogP contribution in [-0.4, -0.2) is 29.6 Å². The highest BCUT2D eigenvalue weighted by Gasteiger charge is 2.35. The number of nitrogens with two attached hydrogens (primary N) is 1. The van der Waals surface area contributed by atoms with E-state index in [0.29, 0.717) is 39.1 Å². The molecule has 0 aliphatic rings. The van der Waals surface area contributed by atoms with Crippen molar-refractivity contribution in [2.75, 3.05) is 0 Å². The molecular weight excluding hydrogens is 607 g/mol. The van der Waals surface area contributed by atoms with Crippen molar-refractivity contribution >= 4 is 10.0 Å². The van der Waals surface area contributed by atoms with E-state index in [1.807, 2.05) is 0 Å². The smallest absolute Gasteiger partial charge is 0.434 e. The summed E-state index contributed by atoms with van der Waals surface area (Å²) in [6.45, 7) is 3.43. The number of ether oxygens (including phenoxy) is 1. The number of hydrogen-bond donors (Lipinski definition) is 1. The van der Waals surface area contributed by atoms with E-state index in [-0.39, 0.29) is 33.8 Å². The molecule has 0 radical (unpaired) electrons. The molecule has 14 heteroatoms. The number of aryl methyl sites for hydroxylation is 3. The average Bonchev–Trinajstić information content (AvgIpc) is 3.51. The molecule has 44 heavy (non-hydrogen) atoms. The van der Waals surface area contributed by atoms with Crippen molar-refractivity contribution in [2.24, 2.45) is 5.14 Å². The summed E-state index contributed by atoms with van der Waals surface area (Å²) < 4.78 is 102. The molecular formula is C30H25F5N4O4S. The highest BCUT2D eigenvalue weighted by Crippen LogP contribution is 2.44. The van der Waals surface area contributed by atoms with E-state index in [4.69, 9.17) is 9.56 Å². The Kier molecular flexibility index (Phi) is 7.84. The number of halogens is 5. The molecule has 5 rings (SSSR count). The van der Waals surface area contributed by atoms with E-state index in [1.165, 1.54) is 54.0 Å². The van der Waals surface area contributed by atoms with Gasteiger partial charge in [-0.2, -0.15) is 22.0 Å². The van der Waals surface area contributed by atoms with Gasteiger partial charge in [-0.3, -0.25) is 0 Å². The van der Waals surface area contributed by atoms with Crippen LogP contribution in [0.1, 0.15) is 28.5 Å². The minimum atomic E-state index is -4.70. The fourth-order valence-corrected chi connectivity index (χ4v) is 5.62. The third kappa shape index (κ3) is 5.95. The lowest BCUT2D eigenvalue weighted by molar-refractivity contribution is -0.141. The average molecular weight is 633 g/mol. The maximum atomic E-state index is 13.7. The number of alkyl halides is 5. The number of benzene rings is 3. The molecule has 2 heterocycles. The van der Waals surface area contributed by atoms with Crippen LogP contribution in [0.4, 0.5) is 22.0 Å². The van der Waals surface area contributed by atoms with E-state index in [1.54, 1.807) is 32.9 Å². The van der Waals surface area contributed by atoms with Gasteiger partial charge in [0.1, 0.15) is 17.3 Å². The molecule has 0 fully saturated rings. The number of imidazole rings is 1. The number of aromatic nitrogens is 3. The topological polar surface area (TPSA) is 113 Å². The molecule has 0 saturated heterocycles. The largest absolute Gasteiger partial charge is 0.440 e. The summed E-state index contributed by atoms with van der Waals surface area (Å²) in [5, 5.41) is 5.37. The zero-order chi connectivity index (χ0) is 32.1. The lowest BCUT2D eigenvalue weighted by Gasteiger charge is -2.21. The minimum Gasteiger partial charge on any atom is -0.440 e.